The van der Waals surface area contributed by atoms with Crippen LogP contribution in [-0.4, -0.2) is 29.9 Å². The molecule has 2 fully saturated rings. The number of benzene rings is 1. The number of nitrogens with one attached hydrogen (secondary N) is 1. The molecule has 0 bridgehead atoms. The minimum atomic E-state index is 0.333. The number of amides is 1. The summed E-state index contributed by atoms with van der Waals surface area (Å²) in [6.45, 7) is 4.99. The molecule has 1 N–H and O–H groups in total. The summed E-state index contributed by atoms with van der Waals surface area (Å²) in [4.78, 5) is 14.7. The van der Waals surface area contributed by atoms with Crippen molar-refractivity contribution in [2.24, 2.45) is 11.8 Å². The summed E-state index contributed by atoms with van der Waals surface area (Å²) in [5, 5.41) is 3.25. The Balaban J connectivity index is 1.67. The molecular weight excluding hydrogens is 248 g/mol. The molecule has 1 heterocycles. The van der Waals surface area contributed by atoms with Gasteiger partial charge in [0.25, 0.3) is 0 Å². The molecule has 1 saturated heterocycles. The average molecular weight is 272 g/mol. The fourth-order valence-electron chi connectivity index (χ4n) is 2.93. The van der Waals surface area contributed by atoms with Crippen LogP contribution in [0.5, 0.6) is 0 Å². The molecule has 1 aromatic rings. The first-order chi connectivity index (χ1) is 9.74. The first kappa shape index (κ1) is 13.6. The summed E-state index contributed by atoms with van der Waals surface area (Å²) in [6, 6.07) is 10.7. The number of rotatable bonds is 6. The zero-order valence-electron chi connectivity index (χ0n) is 12.2. The second-order valence-electron chi connectivity index (χ2n) is 6.31. The SMILES string of the molecule is CC(C1CC1)N(Cc1ccccc1)C(=O)CC1CNC1. The van der Waals surface area contributed by atoms with Gasteiger partial charge in [0.2, 0.25) is 5.91 Å². The highest BCUT2D eigenvalue weighted by atomic mass is 16.2. The third kappa shape index (κ3) is 3.21. The molecule has 3 heteroatoms. The van der Waals surface area contributed by atoms with Crippen molar-refractivity contribution in [3.8, 4) is 0 Å². The number of carbonyl (C=O) groups is 1. The van der Waals surface area contributed by atoms with Gasteiger partial charge < -0.3 is 10.2 Å². The first-order valence-electron chi connectivity index (χ1n) is 7.78. The number of carbonyl (C=O) groups excluding carboxylic acids is 1. The zero-order valence-corrected chi connectivity index (χ0v) is 12.2. The molecule has 1 aliphatic carbocycles. The van der Waals surface area contributed by atoms with Crippen LogP contribution in [0.3, 0.4) is 0 Å². The van der Waals surface area contributed by atoms with Crippen molar-refractivity contribution >= 4 is 5.91 Å². The summed E-state index contributed by atoms with van der Waals surface area (Å²) in [7, 11) is 0. The lowest BCUT2D eigenvalue weighted by molar-refractivity contribution is -0.135. The Morgan fingerprint density at radius 1 is 1.30 bits per heavy atom. The van der Waals surface area contributed by atoms with E-state index in [0.717, 1.165) is 25.6 Å². The van der Waals surface area contributed by atoms with Crippen LogP contribution in [0.1, 0.15) is 31.7 Å². The molecule has 1 atom stereocenters. The molecule has 0 spiro atoms. The molecule has 1 saturated carbocycles. The van der Waals surface area contributed by atoms with Gasteiger partial charge >= 0.3 is 0 Å². The first-order valence-corrected chi connectivity index (χ1v) is 7.78. The Labute approximate surface area is 121 Å². The van der Waals surface area contributed by atoms with Gasteiger partial charge in [0.05, 0.1) is 0 Å². The number of nitrogens with zero attached hydrogens (tertiary/aromatic N) is 1. The van der Waals surface area contributed by atoms with Gasteiger partial charge in [-0.05, 0) is 50.3 Å². The topological polar surface area (TPSA) is 32.3 Å². The molecule has 3 nitrogen and oxygen atoms in total. The quantitative estimate of drug-likeness (QED) is 0.862. The predicted octanol–water partition coefficient (Wildman–Crippen LogP) is 2.42. The average Bonchev–Trinajstić information content (AvgIpc) is 3.25. The van der Waals surface area contributed by atoms with Crippen LogP contribution in [-0.2, 0) is 11.3 Å². The monoisotopic (exact) mass is 272 g/mol. The van der Waals surface area contributed by atoms with Crippen LogP contribution >= 0.6 is 0 Å². The Hall–Kier alpha value is -1.35. The third-order valence-electron chi connectivity index (χ3n) is 4.64. The van der Waals surface area contributed by atoms with Crippen LogP contribution in [0.15, 0.2) is 30.3 Å². The fourth-order valence-corrected chi connectivity index (χ4v) is 2.93. The Bertz CT molecular complexity index is 451. The van der Waals surface area contributed by atoms with E-state index in [0.29, 0.717) is 24.3 Å². The van der Waals surface area contributed by atoms with Crippen LogP contribution in [0.4, 0.5) is 0 Å². The van der Waals surface area contributed by atoms with Crippen LogP contribution in [0.25, 0.3) is 0 Å². The van der Waals surface area contributed by atoms with Gasteiger partial charge in [-0.1, -0.05) is 30.3 Å². The molecule has 1 aromatic carbocycles. The maximum atomic E-state index is 12.6. The highest BCUT2D eigenvalue weighted by Gasteiger charge is 2.35. The van der Waals surface area contributed by atoms with Gasteiger partial charge in [0.15, 0.2) is 0 Å². The number of hydrogen-bond donors (Lipinski definition) is 1. The second kappa shape index (κ2) is 5.96. The van der Waals surface area contributed by atoms with Crippen molar-refractivity contribution in [3.05, 3.63) is 35.9 Å². The smallest absolute Gasteiger partial charge is 0.223 e. The summed E-state index contributed by atoms with van der Waals surface area (Å²) < 4.78 is 0. The maximum absolute atomic E-state index is 12.6. The zero-order chi connectivity index (χ0) is 13.9. The van der Waals surface area contributed by atoms with Gasteiger partial charge in [-0.25, -0.2) is 0 Å². The van der Waals surface area contributed by atoms with Gasteiger partial charge in [-0.2, -0.15) is 0 Å². The van der Waals surface area contributed by atoms with Gasteiger partial charge in [-0.15, -0.1) is 0 Å². The molecule has 20 heavy (non-hydrogen) atoms. The summed E-state index contributed by atoms with van der Waals surface area (Å²) in [5.74, 6) is 1.61. The Morgan fingerprint density at radius 3 is 2.55 bits per heavy atom. The van der Waals surface area contributed by atoms with E-state index in [1.54, 1.807) is 0 Å². The van der Waals surface area contributed by atoms with E-state index >= 15 is 0 Å². The lowest BCUT2D eigenvalue weighted by Crippen LogP contribution is -2.47. The molecule has 0 aromatic heterocycles. The van der Waals surface area contributed by atoms with E-state index in [-0.39, 0.29) is 0 Å². The van der Waals surface area contributed by atoms with Crippen molar-refractivity contribution in [3.63, 3.8) is 0 Å². The van der Waals surface area contributed by atoms with E-state index in [1.165, 1.54) is 18.4 Å². The van der Waals surface area contributed by atoms with E-state index in [2.05, 4.69) is 41.4 Å². The highest BCUT2D eigenvalue weighted by molar-refractivity contribution is 5.77. The number of hydrogen-bond acceptors (Lipinski definition) is 2. The van der Waals surface area contributed by atoms with E-state index < -0.39 is 0 Å². The molecule has 1 aliphatic heterocycles. The van der Waals surface area contributed by atoms with Crippen molar-refractivity contribution in [1.29, 1.82) is 0 Å². The van der Waals surface area contributed by atoms with Crippen molar-refractivity contribution in [1.82, 2.24) is 10.2 Å². The van der Waals surface area contributed by atoms with Crippen molar-refractivity contribution in [2.45, 2.75) is 38.8 Å². The van der Waals surface area contributed by atoms with Crippen LogP contribution in [0, 0.1) is 11.8 Å². The minimum absolute atomic E-state index is 0.333. The molecule has 0 radical (unpaired) electrons. The van der Waals surface area contributed by atoms with Crippen LogP contribution < -0.4 is 5.32 Å². The molecular formula is C17H24N2O. The standard InChI is InChI=1S/C17H24N2O/c1-13(16-7-8-16)19(12-14-5-3-2-4-6-14)17(20)9-15-10-18-11-15/h2-6,13,15-16,18H,7-12H2,1H3. The molecule has 1 unspecified atom stereocenters. The lowest BCUT2D eigenvalue weighted by Gasteiger charge is -2.33. The lowest BCUT2D eigenvalue weighted by atomic mass is 9.97. The molecule has 3 rings (SSSR count). The van der Waals surface area contributed by atoms with Gasteiger partial charge in [-0.3, -0.25) is 4.79 Å². The molecule has 108 valence electrons. The Kier molecular flexibility index (Phi) is 4.06. The normalized spacial score (nSPS) is 20.2. The second-order valence-corrected chi connectivity index (χ2v) is 6.31. The maximum Gasteiger partial charge on any atom is 0.223 e. The van der Waals surface area contributed by atoms with Crippen LogP contribution in [0.2, 0.25) is 0 Å². The summed E-state index contributed by atoms with van der Waals surface area (Å²) in [5.41, 5.74) is 1.24. The predicted molar refractivity (Wildman–Crippen MR) is 80.2 cm³/mol. The Morgan fingerprint density at radius 2 is 2.00 bits per heavy atom. The summed E-state index contributed by atoms with van der Waals surface area (Å²) in [6.07, 6.45) is 3.27. The van der Waals surface area contributed by atoms with Gasteiger partial charge in [0, 0.05) is 19.0 Å². The minimum Gasteiger partial charge on any atom is -0.335 e. The van der Waals surface area contributed by atoms with Crippen molar-refractivity contribution in [2.75, 3.05) is 13.1 Å². The fraction of sp³-hybridized carbons (Fsp3) is 0.588. The van der Waals surface area contributed by atoms with E-state index in [1.807, 2.05) is 6.07 Å². The molecule has 2 aliphatic rings. The highest BCUT2D eigenvalue weighted by Crippen LogP contribution is 2.36. The largest absolute Gasteiger partial charge is 0.335 e. The van der Waals surface area contributed by atoms with Crippen molar-refractivity contribution < 1.29 is 4.79 Å². The molecule has 1 amide bonds. The van der Waals surface area contributed by atoms with E-state index in [4.69, 9.17) is 0 Å². The van der Waals surface area contributed by atoms with E-state index in [9.17, 15) is 4.79 Å². The summed E-state index contributed by atoms with van der Waals surface area (Å²) >= 11 is 0. The third-order valence-corrected chi connectivity index (χ3v) is 4.64. The van der Waals surface area contributed by atoms with Gasteiger partial charge in [0.1, 0.15) is 0 Å².